The number of benzene rings is 2. The highest BCUT2D eigenvalue weighted by molar-refractivity contribution is 7.87. The van der Waals surface area contributed by atoms with E-state index in [9.17, 15) is 32.2 Å². The Kier molecular flexibility index (Phi) is 7.37. The molecule has 32 heavy (non-hydrogen) atoms. The Labute approximate surface area is 186 Å². The monoisotopic (exact) mass is 488 g/mol. The smallest absolute Gasteiger partial charge is 0.297 e. The third kappa shape index (κ3) is 5.35. The molecule has 0 amide bonds. The molecule has 176 valence electrons. The number of aliphatic hydroxyl groups excluding tert-OH is 3. The van der Waals surface area contributed by atoms with Crippen LogP contribution in [0.4, 0.5) is 0 Å². The molecular weight excluding hydrogens is 464 g/mol. The van der Waals surface area contributed by atoms with E-state index in [0.29, 0.717) is 0 Å². The molecule has 1 saturated heterocycles. The van der Waals surface area contributed by atoms with Gasteiger partial charge in [-0.05, 0) is 38.1 Å². The van der Waals surface area contributed by atoms with Crippen LogP contribution in [-0.4, -0.2) is 69.5 Å². The van der Waals surface area contributed by atoms with E-state index in [1.54, 1.807) is 38.1 Å². The van der Waals surface area contributed by atoms with Crippen LogP contribution in [0.1, 0.15) is 11.1 Å². The topological polar surface area (TPSA) is 157 Å². The van der Waals surface area contributed by atoms with Gasteiger partial charge in [0.1, 0.15) is 18.3 Å². The minimum atomic E-state index is -4.39. The molecule has 1 heterocycles. The summed E-state index contributed by atoms with van der Waals surface area (Å²) in [4.78, 5) is -0.396. The van der Waals surface area contributed by atoms with E-state index in [1.807, 2.05) is 0 Å². The second kappa shape index (κ2) is 9.53. The maximum absolute atomic E-state index is 12.5. The van der Waals surface area contributed by atoms with Crippen molar-refractivity contribution in [3.8, 4) is 0 Å². The van der Waals surface area contributed by atoms with Crippen LogP contribution in [0.15, 0.2) is 58.3 Å². The van der Waals surface area contributed by atoms with Gasteiger partial charge in [-0.2, -0.15) is 16.8 Å². The van der Waals surface area contributed by atoms with Crippen LogP contribution in [-0.2, 0) is 33.3 Å². The van der Waals surface area contributed by atoms with Gasteiger partial charge in [0.2, 0.25) is 0 Å². The standard InChI is InChI=1S/C20H24O10S2/c1-12-3-7-14(8-4-12)31(24,25)29-16(11-21)18-17(22)19(20(23)28-18)30-32(26,27)15-9-5-13(2)6-10-15/h3-10,16-23H,11H2,1-2H3/t16-,17+,18-,19-,20-/m1/s1. The van der Waals surface area contributed by atoms with Gasteiger partial charge in [0.05, 0.1) is 16.4 Å². The lowest BCUT2D eigenvalue weighted by Crippen LogP contribution is -2.44. The summed E-state index contributed by atoms with van der Waals surface area (Å²) in [6.07, 6.45) is -8.74. The fourth-order valence-corrected chi connectivity index (χ4v) is 5.26. The first-order valence-corrected chi connectivity index (χ1v) is 12.4. The second-order valence-corrected chi connectivity index (χ2v) is 10.5. The fourth-order valence-electron chi connectivity index (χ4n) is 3.11. The molecule has 0 aliphatic carbocycles. The third-order valence-electron chi connectivity index (χ3n) is 4.90. The number of rotatable bonds is 8. The Hall–Kier alpha value is -1.90. The third-order valence-corrected chi connectivity index (χ3v) is 7.58. The molecule has 0 saturated carbocycles. The molecule has 0 bridgehead atoms. The van der Waals surface area contributed by atoms with Crippen LogP contribution in [0.2, 0.25) is 0 Å². The van der Waals surface area contributed by atoms with Gasteiger partial charge < -0.3 is 20.1 Å². The first-order valence-electron chi connectivity index (χ1n) is 9.57. The molecule has 3 rings (SSSR count). The average Bonchev–Trinajstić information content (AvgIpc) is 3.00. The van der Waals surface area contributed by atoms with Gasteiger partial charge in [-0.15, -0.1) is 0 Å². The summed E-state index contributed by atoms with van der Waals surface area (Å²) in [5.74, 6) is 0. The molecule has 1 fully saturated rings. The van der Waals surface area contributed by atoms with Crippen molar-refractivity contribution >= 4 is 20.2 Å². The summed E-state index contributed by atoms with van der Waals surface area (Å²) in [6, 6.07) is 11.4. The van der Waals surface area contributed by atoms with Gasteiger partial charge in [-0.1, -0.05) is 35.4 Å². The van der Waals surface area contributed by atoms with E-state index >= 15 is 0 Å². The van der Waals surface area contributed by atoms with Gasteiger partial charge in [-0.3, -0.25) is 8.37 Å². The number of ether oxygens (including phenoxy) is 1. The van der Waals surface area contributed by atoms with Crippen molar-refractivity contribution in [1.29, 1.82) is 0 Å². The van der Waals surface area contributed by atoms with Crippen LogP contribution in [0.3, 0.4) is 0 Å². The molecule has 0 aromatic heterocycles. The average molecular weight is 489 g/mol. The summed E-state index contributed by atoms with van der Waals surface area (Å²) in [5, 5.41) is 30.3. The van der Waals surface area contributed by atoms with Crippen molar-refractivity contribution in [1.82, 2.24) is 0 Å². The number of aliphatic hydroxyl groups is 3. The summed E-state index contributed by atoms with van der Waals surface area (Å²) in [5.41, 5.74) is 1.63. The minimum absolute atomic E-state index is 0.190. The molecule has 0 spiro atoms. The summed E-state index contributed by atoms with van der Waals surface area (Å²) < 4.78 is 65.1. The predicted molar refractivity (Wildman–Crippen MR) is 110 cm³/mol. The highest BCUT2D eigenvalue weighted by Gasteiger charge is 2.50. The van der Waals surface area contributed by atoms with Gasteiger partial charge in [0.15, 0.2) is 12.4 Å². The largest absolute Gasteiger partial charge is 0.394 e. The van der Waals surface area contributed by atoms with Crippen LogP contribution in [0.25, 0.3) is 0 Å². The Bertz CT molecular complexity index is 1130. The minimum Gasteiger partial charge on any atom is -0.394 e. The lowest BCUT2D eigenvalue weighted by Gasteiger charge is -2.24. The van der Waals surface area contributed by atoms with E-state index in [-0.39, 0.29) is 9.79 Å². The van der Waals surface area contributed by atoms with E-state index < -0.39 is 57.5 Å². The van der Waals surface area contributed by atoms with Crippen LogP contribution in [0, 0.1) is 13.8 Å². The van der Waals surface area contributed by atoms with Gasteiger partial charge >= 0.3 is 0 Å². The number of aryl methyl sites for hydroxylation is 2. The summed E-state index contributed by atoms with van der Waals surface area (Å²) in [6.45, 7) is 2.62. The molecule has 1 aliphatic rings. The maximum Gasteiger partial charge on any atom is 0.297 e. The van der Waals surface area contributed by atoms with Gasteiger partial charge in [0.25, 0.3) is 20.2 Å². The predicted octanol–water partition coefficient (Wildman–Crippen LogP) is 0.222. The molecule has 2 aromatic carbocycles. The summed E-state index contributed by atoms with van der Waals surface area (Å²) in [7, 11) is -8.74. The molecule has 10 nitrogen and oxygen atoms in total. The Balaban J connectivity index is 1.77. The Morgan fingerprint density at radius 1 is 0.875 bits per heavy atom. The molecule has 3 N–H and O–H groups in total. The number of hydrogen-bond donors (Lipinski definition) is 3. The van der Waals surface area contributed by atoms with Crippen molar-refractivity contribution in [2.75, 3.05) is 6.61 Å². The SMILES string of the molecule is Cc1ccc(S(=O)(=O)O[C@@H]2[C@@H](O)[C@@H]([C@@H](CO)OS(=O)(=O)c3ccc(C)cc3)O[C@H]2O)cc1. The molecule has 1 aliphatic heterocycles. The van der Waals surface area contributed by atoms with Crippen LogP contribution < -0.4 is 0 Å². The summed E-state index contributed by atoms with van der Waals surface area (Å²) >= 11 is 0. The van der Waals surface area contributed by atoms with Gasteiger partial charge in [0, 0.05) is 0 Å². The quantitative estimate of drug-likeness (QED) is 0.439. The highest BCUT2D eigenvalue weighted by Crippen LogP contribution is 2.30. The highest BCUT2D eigenvalue weighted by atomic mass is 32.2. The maximum atomic E-state index is 12.5. The molecule has 0 unspecified atom stereocenters. The van der Waals surface area contributed by atoms with E-state index in [0.717, 1.165) is 11.1 Å². The molecule has 0 radical (unpaired) electrons. The van der Waals surface area contributed by atoms with Crippen molar-refractivity contribution in [2.24, 2.45) is 0 Å². The molecular formula is C20H24O10S2. The Morgan fingerprint density at radius 2 is 1.34 bits per heavy atom. The van der Waals surface area contributed by atoms with Crippen molar-refractivity contribution in [2.45, 2.75) is 54.3 Å². The van der Waals surface area contributed by atoms with E-state index in [1.165, 1.54) is 24.3 Å². The van der Waals surface area contributed by atoms with E-state index in [4.69, 9.17) is 13.1 Å². The first-order chi connectivity index (χ1) is 14.9. The normalized spacial score (nSPS) is 25.0. The molecule has 12 heteroatoms. The van der Waals surface area contributed by atoms with E-state index in [2.05, 4.69) is 0 Å². The van der Waals surface area contributed by atoms with Crippen LogP contribution >= 0.6 is 0 Å². The zero-order valence-corrected chi connectivity index (χ0v) is 18.9. The lowest BCUT2D eigenvalue weighted by molar-refractivity contribution is -0.142. The Morgan fingerprint density at radius 3 is 1.81 bits per heavy atom. The molecule has 5 atom stereocenters. The lowest BCUT2D eigenvalue weighted by atomic mass is 10.1. The van der Waals surface area contributed by atoms with Crippen LogP contribution in [0.5, 0.6) is 0 Å². The first kappa shape index (κ1) is 24.7. The van der Waals surface area contributed by atoms with Crippen molar-refractivity contribution in [3.05, 3.63) is 59.7 Å². The van der Waals surface area contributed by atoms with Gasteiger partial charge in [-0.25, -0.2) is 0 Å². The van der Waals surface area contributed by atoms with Crippen molar-refractivity contribution in [3.63, 3.8) is 0 Å². The zero-order chi connectivity index (χ0) is 23.7. The number of hydrogen-bond acceptors (Lipinski definition) is 10. The zero-order valence-electron chi connectivity index (χ0n) is 17.2. The molecule has 2 aromatic rings. The van der Waals surface area contributed by atoms with Crippen molar-refractivity contribution < 1.29 is 45.3 Å². The second-order valence-electron chi connectivity index (χ2n) is 7.39. The fraction of sp³-hybridized carbons (Fsp3) is 0.400.